The van der Waals surface area contributed by atoms with E-state index >= 15 is 0 Å². The molecule has 3 aromatic carbocycles. The predicted molar refractivity (Wildman–Crippen MR) is 146 cm³/mol. The maximum absolute atomic E-state index is 14.1. The van der Waals surface area contributed by atoms with E-state index in [1.807, 2.05) is 24.0 Å². The summed E-state index contributed by atoms with van der Waals surface area (Å²) in [7, 11) is -3.86. The van der Waals surface area contributed by atoms with Gasteiger partial charge in [0.1, 0.15) is 4.90 Å². The zero-order valence-corrected chi connectivity index (χ0v) is 22.1. The number of pyridine rings is 1. The van der Waals surface area contributed by atoms with Crippen LogP contribution in [-0.4, -0.2) is 48.9 Å². The van der Waals surface area contributed by atoms with Gasteiger partial charge in [-0.2, -0.15) is 0 Å². The van der Waals surface area contributed by atoms with Gasteiger partial charge in [0, 0.05) is 60.8 Å². The summed E-state index contributed by atoms with van der Waals surface area (Å²) in [6, 6.07) is 17.8. The highest BCUT2D eigenvalue weighted by atomic mass is 32.2. The molecule has 5 rings (SSSR count). The summed E-state index contributed by atoms with van der Waals surface area (Å²) in [4.78, 5) is 8.45. The molecule has 1 unspecified atom stereocenters. The number of sulfonamides is 1. The van der Waals surface area contributed by atoms with Crippen LogP contribution in [-0.2, 0) is 16.6 Å². The number of nitrogens with one attached hydrogen (secondary N) is 1. The third-order valence-corrected chi connectivity index (χ3v) is 8.34. The van der Waals surface area contributed by atoms with Crippen molar-refractivity contribution in [3.8, 4) is 0 Å². The van der Waals surface area contributed by atoms with Crippen LogP contribution in [0.15, 0.2) is 84.4 Å². The highest BCUT2D eigenvalue weighted by molar-refractivity contribution is 7.93. The Labute approximate surface area is 225 Å². The zero-order valence-electron chi connectivity index (χ0n) is 21.2. The van der Waals surface area contributed by atoms with E-state index in [2.05, 4.69) is 21.2 Å². The van der Waals surface area contributed by atoms with Gasteiger partial charge in [0.2, 0.25) is 0 Å². The van der Waals surface area contributed by atoms with Crippen LogP contribution in [0.5, 0.6) is 0 Å². The Hall–Kier alpha value is -3.89. The van der Waals surface area contributed by atoms with Gasteiger partial charge in [-0.05, 0) is 42.8 Å². The molecule has 0 amide bonds. The van der Waals surface area contributed by atoms with Crippen LogP contribution in [0.4, 0.5) is 18.9 Å². The van der Waals surface area contributed by atoms with Crippen molar-refractivity contribution >= 4 is 32.3 Å². The van der Waals surface area contributed by atoms with E-state index in [9.17, 15) is 21.6 Å². The first kappa shape index (κ1) is 26.7. The van der Waals surface area contributed by atoms with Gasteiger partial charge in [0.25, 0.3) is 10.0 Å². The first-order valence-electron chi connectivity index (χ1n) is 12.4. The first-order chi connectivity index (χ1) is 18.6. The summed E-state index contributed by atoms with van der Waals surface area (Å²) in [6.07, 6.45) is 1.56. The minimum atomic E-state index is -3.86. The second-order valence-corrected chi connectivity index (χ2v) is 11.2. The Morgan fingerprint density at radius 1 is 1.00 bits per heavy atom. The van der Waals surface area contributed by atoms with Gasteiger partial charge in [-0.3, -0.25) is 14.6 Å². The molecule has 1 aliphatic rings. The van der Waals surface area contributed by atoms with E-state index in [1.165, 1.54) is 12.1 Å². The topological polar surface area (TPSA) is 65.5 Å². The van der Waals surface area contributed by atoms with Crippen LogP contribution in [0, 0.1) is 17.5 Å². The Balaban J connectivity index is 1.24. The van der Waals surface area contributed by atoms with Gasteiger partial charge in [-0.15, -0.1) is 0 Å². The monoisotopic (exact) mass is 552 g/mol. The molecule has 2 heterocycles. The standard InChI is InChI=1S/C29H27F3N4O2S/c1-19-17-35(18-23-10-13-25(30)28(32)27(23)31)15-16-36(19)20(2)21-8-11-24(12-9-21)34-39(37,38)26-7-3-5-22-6-4-14-33-29(22)26/h3-14,19,34H,2,15-18H2,1H3. The minimum Gasteiger partial charge on any atom is -0.366 e. The molecule has 1 aromatic heterocycles. The van der Waals surface area contributed by atoms with Crippen molar-refractivity contribution in [2.45, 2.75) is 24.4 Å². The molecule has 0 radical (unpaired) electrons. The van der Waals surface area contributed by atoms with Crippen LogP contribution in [0.1, 0.15) is 18.1 Å². The number of benzene rings is 3. The van der Waals surface area contributed by atoms with Gasteiger partial charge in [0.05, 0.1) is 5.52 Å². The van der Waals surface area contributed by atoms with E-state index < -0.39 is 27.5 Å². The quantitative estimate of drug-likeness (QED) is 0.301. The summed E-state index contributed by atoms with van der Waals surface area (Å²) >= 11 is 0. The van der Waals surface area contributed by atoms with E-state index in [4.69, 9.17) is 0 Å². The number of aromatic nitrogens is 1. The third kappa shape index (κ3) is 5.48. The van der Waals surface area contributed by atoms with Gasteiger partial charge >= 0.3 is 0 Å². The summed E-state index contributed by atoms with van der Waals surface area (Å²) in [5.41, 5.74) is 2.53. The van der Waals surface area contributed by atoms with Crippen LogP contribution in [0.25, 0.3) is 16.6 Å². The average molecular weight is 553 g/mol. The summed E-state index contributed by atoms with van der Waals surface area (Å²) in [6.45, 7) is 8.19. The minimum absolute atomic E-state index is 0.0247. The molecule has 1 saturated heterocycles. The SMILES string of the molecule is C=C(c1ccc(NS(=O)(=O)c2cccc3cccnc23)cc1)N1CCN(Cc2ccc(F)c(F)c2F)CC1C. The van der Waals surface area contributed by atoms with E-state index in [0.717, 1.165) is 22.7 Å². The molecule has 4 aromatic rings. The number of fused-ring (bicyclic) bond motifs is 1. The second-order valence-electron chi connectivity index (χ2n) is 9.57. The molecule has 39 heavy (non-hydrogen) atoms. The zero-order chi connectivity index (χ0) is 27.7. The number of anilines is 1. The van der Waals surface area contributed by atoms with Gasteiger partial charge in [-0.25, -0.2) is 21.6 Å². The fourth-order valence-corrected chi connectivity index (χ4v) is 6.15. The number of hydrogen-bond acceptors (Lipinski definition) is 5. The van der Waals surface area contributed by atoms with Gasteiger partial charge < -0.3 is 4.90 Å². The molecular formula is C29H27F3N4O2S. The Bertz CT molecular complexity index is 1640. The molecule has 0 aliphatic carbocycles. The predicted octanol–water partition coefficient (Wildman–Crippen LogP) is 5.63. The fraction of sp³-hybridized carbons (Fsp3) is 0.207. The number of halogens is 3. The number of nitrogens with zero attached hydrogens (tertiary/aromatic N) is 3. The van der Waals surface area contributed by atoms with Crippen molar-refractivity contribution in [1.82, 2.24) is 14.8 Å². The molecular weight excluding hydrogens is 525 g/mol. The van der Waals surface area contributed by atoms with Crippen LogP contribution >= 0.6 is 0 Å². The lowest BCUT2D eigenvalue weighted by Gasteiger charge is -2.42. The molecule has 0 spiro atoms. The van der Waals surface area contributed by atoms with Crippen molar-refractivity contribution in [1.29, 1.82) is 0 Å². The largest absolute Gasteiger partial charge is 0.366 e. The Kier molecular flexibility index (Phi) is 7.33. The Morgan fingerprint density at radius 2 is 1.74 bits per heavy atom. The van der Waals surface area contributed by atoms with Crippen LogP contribution in [0.2, 0.25) is 0 Å². The van der Waals surface area contributed by atoms with E-state index in [1.54, 1.807) is 42.6 Å². The lowest BCUT2D eigenvalue weighted by molar-refractivity contribution is 0.122. The normalized spacial score (nSPS) is 16.4. The van der Waals surface area contributed by atoms with E-state index in [0.29, 0.717) is 30.8 Å². The number of piperazine rings is 1. The molecule has 6 nitrogen and oxygen atoms in total. The fourth-order valence-electron chi connectivity index (χ4n) is 4.91. The van der Waals surface area contributed by atoms with Gasteiger partial charge in [0.15, 0.2) is 17.5 Å². The van der Waals surface area contributed by atoms with Crippen molar-refractivity contribution < 1.29 is 21.6 Å². The van der Waals surface area contributed by atoms with Crippen molar-refractivity contribution in [3.05, 3.63) is 108 Å². The lowest BCUT2D eigenvalue weighted by atomic mass is 10.1. The smallest absolute Gasteiger partial charge is 0.264 e. The number of rotatable bonds is 7. The maximum atomic E-state index is 14.1. The molecule has 1 atom stereocenters. The second kappa shape index (κ2) is 10.7. The first-order valence-corrected chi connectivity index (χ1v) is 13.9. The highest BCUT2D eigenvalue weighted by Gasteiger charge is 2.26. The molecule has 0 saturated carbocycles. The lowest BCUT2D eigenvalue weighted by Crippen LogP contribution is -2.50. The van der Waals surface area contributed by atoms with Gasteiger partial charge in [-0.1, -0.05) is 43.0 Å². The van der Waals surface area contributed by atoms with Crippen molar-refractivity contribution in [2.24, 2.45) is 0 Å². The summed E-state index contributed by atoms with van der Waals surface area (Å²) in [5, 5.41) is 0.733. The summed E-state index contributed by atoms with van der Waals surface area (Å²) in [5.74, 6) is -3.80. The molecule has 1 fully saturated rings. The van der Waals surface area contributed by atoms with Crippen LogP contribution < -0.4 is 4.72 Å². The molecule has 202 valence electrons. The van der Waals surface area contributed by atoms with Crippen LogP contribution in [0.3, 0.4) is 0 Å². The highest BCUT2D eigenvalue weighted by Crippen LogP contribution is 2.27. The summed E-state index contributed by atoms with van der Waals surface area (Å²) < 4.78 is 69.8. The number of para-hydroxylation sites is 1. The molecule has 1 N–H and O–H groups in total. The molecule has 0 bridgehead atoms. The maximum Gasteiger partial charge on any atom is 0.264 e. The molecule has 1 aliphatic heterocycles. The van der Waals surface area contributed by atoms with Crippen molar-refractivity contribution in [3.63, 3.8) is 0 Å². The third-order valence-electron chi connectivity index (χ3n) is 6.92. The number of hydrogen-bond donors (Lipinski definition) is 1. The van der Waals surface area contributed by atoms with E-state index in [-0.39, 0.29) is 23.0 Å². The molecule has 10 heteroatoms. The van der Waals surface area contributed by atoms with Crippen molar-refractivity contribution in [2.75, 3.05) is 24.4 Å². The average Bonchev–Trinajstić information content (AvgIpc) is 2.93. The Morgan fingerprint density at radius 3 is 2.49 bits per heavy atom.